The summed E-state index contributed by atoms with van der Waals surface area (Å²) in [7, 11) is -3.61. The van der Waals surface area contributed by atoms with Crippen LogP contribution in [0.1, 0.15) is 23.1 Å². The van der Waals surface area contributed by atoms with Crippen LogP contribution >= 0.6 is 11.6 Å². The summed E-state index contributed by atoms with van der Waals surface area (Å²) in [5.74, 6) is 0.387. The lowest BCUT2D eigenvalue weighted by Gasteiger charge is -2.22. The van der Waals surface area contributed by atoms with Crippen LogP contribution in [0, 0.1) is 6.92 Å². The quantitative estimate of drug-likeness (QED) is 0.594. The van der Waals surface area contributed by atoms with Crippen molar-refractivity contribution in [1.29, 1.82) is 0 Å². The van der Waals surface area contributed by atoms with Gasteiger partial charge in [0, 0.05) is 13.1 Å². The number of aryl methyl sites for hydroxylation is 2. The number of halogens is 1. The van der Waals surface area contributed by atoms with Crippen LogP contribution < -0.4 is 0 Å². The average Bonchev–Trinajstić information content (AvgIpc) is 3.33. The first kappa shape index (κ1) is 18.0. The van der Waals surface area contributed by atoms with E-state index in [9.17, 15) is 8.42 Å². The normalized spacial score (nSPS) is 26.2. The molecule has 138 valence electrons. The van der Waals surface area contributed by atoms with Crippen LogP contribution in [0.4, 0.5) is 0 Å². The minimum absolute atomic E-state index is 0.144. The maximum atomic E-state index is 13.3. The van der Waals surface area contributed by atoms with E-state index in [0.29, 0.717) is 23.9 Å². The molecular formula is C20H22ClNO3S. The highest BCUT2D eigenvalue weighted by Gasteiger charge is 2.56. The SMILES string of the molecule is Cc1ccc(S(=O)(=O)N2Cc3ccccc3CC[C@]3(CCl)O[C@H]3C2)cc1. The second-order valence-corrected chi connectivity index (χ2v) is 9.39. The number of nitrogens with zero attached hydrogens (tertiary/aromatic N) is 1. The largest absolute Gasteiger partial charge is 0.363 e. The van der Waals surface area contributed by atoms with E-state index in [1.807, 2.05) is 37.3 Å². The Kier molecular flexibility index (Phi) is 4.59. The van der Waals surface area contributed by atoms with Crippen LogP contribution in [0.5, 0.6) is 0 Å². The third-order valence-electron chi connectivity index (χ3n) is 5.44. The van der Waals surface area contributed by atoms with Crippen LogP contribution in [-0.4, -0.2) is 36.9 Å². The zero-order valence-electron chi connectivity index (χ0n) is 14.7. The van der Waals surface area contributed by atoms with E-state index in [1.165, 1.54) is 0 Å². The number of epoxide rings is 1. The summed E-state index contributed by atoms with van der Waals surface area (Å²) >= 11 is 6.17. The summed E-state index contributed by atoms with van der Waals surface area (Å²) < 4.78 is 34.0. The molecular weight excluding hydrogens is 370 g/mol. The molecule has 0 unspecified atom stereocenters. The summed E-state index contributed by atoms with van der Waals surface area (Å²) in [6, 6.07) is 15.0. The van der Waals surface area contributed by atoms with Gasteiger partial charge in [0.1, 0.15) is 11.7 Å². The number of rotatable bonds is 3. The molecule has 1 saturated heterocycles. The lowest BCUT2D eigenvalue weighted by atomic mass is 9.96. The molecule has 4 nitrogen and oxygen atoms in total. The van der Waals surface area contributed by atoms with Gasteiger partial charge in [-0.1, -0.05) is 42.0 Å². The highest BCUT2D eigenvalue weighted by atomic mass is 35.5. The van der Waals surface area contributed by atoms with Gasteiger partial charge < -0.3 is 4.74 Å². The first-order chi connectivity index (χ1) is 12.4. The third kappa shape index (κ3) is 3.18. The van der Waals surface area contributed by atoms with Crippen LogP contribution in [0.2, 0.25) is 0 Å². The lowest BCUT2D eigenvalue weighted by molar-refractivity contribution is 0.281. The Labute approximate surface area is 159 Å². The second kappa shape index (κ2) is 6.64. The van der Waals surface area contributed by atoms with Crippen LogP contribution in [0.15, 0.2) is 53.4 Å². The maximum absolute atomic E-state index is 13.3. The number of ether oxygens (including phenoxy) is 1. The highest BCUT2D eigenvalue weighted by Crippen LogP contribution is 2.44. The molecule has 1 fully saturated rings. The number of benzene rings is 2. The monoisotopic (exact) mass is 391 g/mol. The first-order valence-corrected chi connectivity index (χ1v) is 10.8. The average molecular weight is 392 g/mol. The molecule has 0 N–H and O–H groups in total. The Morgan fingerprint density at radius 3 is 2.54 bits per heavy atom. The fourth-order valence-corrected chi connectivity index (χ4v) is 5.43. The van der Waals surface area contributed by atoms with Crippen LogP contribution in [0.3, 0.4) is 0 Å². The molecule has 0 spiro atoms. The Morgan fingerprint density at radius 2 is 1.85 bits per heavy atom. The number of hydrogen-bond acceptors (Lipinski definition) is 3. The molecule has 0 aromatic heterocycles. The number of alkyl halides is 1. The highest BCUT2D eigenvalue weighted by molar-refractivity contribution is 7.89. The van der Waals surface area contributed by atoms with Crippen molar-refractivity contribution in [3.8, 4) is 0 Å². The Balaban J connectivity index is 1.73. The standard InChI is InChI=1S/C20H22ClNO3S/c1-15-6-8-18(9-7-15)26(23,24)22-12-17-5-3-2-4-16(17)10-11-20(14-21)19(13-22)25-20/h2-9,19H,10-14H2,1H3/t19-,20+/m0/s1. The van der Waals surface area contributed by atoms with E-state index in [1.54, 1.807) is 16.4 Å². The number of fused-ring (bicyclic) bond motifs is 2. The van der Waals surface area contributed by atoms with Gasteiger partial charge in [-0.15, -0.1) is 11.6 Å². The fraction of sp³-hybridized carbons (Fsp3) is 0.400. The third-order valence-corrected chi connectivity index (χ3v) is 7.72. The van der Waals surface area contributed by atoms with E-state index in [2.05, 4.69) is 6.07 Å². The van der Waals surface area contributed by atoms with Crippen molar-refractivity contribution in [3.05, 3.63) is 65.2 Å². The zero-order valence-corrected chi connectivity index (χ0v) is 16.3. The van der Waals surface area contributed by atoms with Crippen molar-refractivity contribution < 1.29 is 13.2 Å². The smallest absolute Gasteiger partial charge is 0.243 e. The predicted molar refractivity (Wildman–Crippen MR) is 102 cm³/mol. The molecule has 0 saturated carbocycles. The van der Waals surface area contributed by atoms with Gasteiger partial charge in [-0.3, -0.25) is 0 Å². The summed E-state index contributed by atoms with van der Waals surface area (Å²) in [5, 5.41) is 0. The van der Waals surface area contributed by atoms with Gasteiger partial charge in [-0.05, 0) is 43.0 Å². The molecule has 2 aromatic rings. The van der Waals surface area contributed by atoms with Crippen LogP contribution in [0.25, 0.3) is 0 Å². The van der Waals surface area contributed by atoms with Gasteiger partial charge in [0.05, 0.1) is 10.8 Å². The van der Waals surface area contributed by atoms with E-state index >= 15 is 0 Å². The molecule has 2 aliphatic heterocycles. The van der Waals surface area contributed by atoms with Crippen molar-refractivity contribution in [1.82, 2.24) is 4.31 Å². The lowest BCUT2D eigenvalue weighted by Crippen LogP contribution is -2.35. The molecule has 0 radical (unpaired) electrons. The summed E-state index contributed by atoms with van der Waals surface area (Å²) in [6.07, 6.45) is 1.52. The summed E-state index contributed by atoms with van der Waals surface area (Å²) in [6.45, 7) is 2.63. The van der Waals surface area contributed by atoms with Crippen molar-refractivity contribution in [2.75, 3.05) is 12.4 Å². The Bertz CT molecular complexity index is 913. The van der Waals surface area contributed by atoms with Gasteiger partial charge in [0.15, 0.2) is 0 Å². The maximum Gasteiger partial charge on any atom is 0.243 e. The second-order valence-electron chi connectivity index (χ2n) is 7.18. The van der Waals surface area contributed by atoms with E-state index in [-0.39, 0.29) is 6.10 Å². The van der Waals surface area contributed by atoms with E-state index < -0.39 is 15.6 Å². The molecule has 2 aromatic carbocycles. The van der Waals surface area contributed by atoms with Gasteiger partial charge in [-0.2, -0.15) is 4.31 Å². The molecule has 4 rings (SSSR count). The molecule has 2 aliphatic rings. The summed E-state index contributed by atoms with van der Waals surface area (Å²) in [5.41, 5.74) is 2.84. The van der Waals surface area contributed by atoms with Gasteiger partial charge in [-0.25, -0.2) is 8.42 Å². The number of sulfonamides is 1. The van der Waals surface area contributed by atoms with Crippen molar-refractivity contribution in [3.63, 3.8) is 0 Å². The minimum Gasteiger partial charge on any atom is -0.363 e. The molecule has 0 aliphatic carbocycles. The molecule has 0 amide bonds. The van der Waals surface area contributed by atoms with E-state index in [4.69, 9.17) is 16.3 Å². The molecule has 2 heterocycles. The first-order valence-electron chi connectivity index (χ1n) is 8.82. The molecule has 2 atom stereocenters. The van der Waals surface area contributed by atoms with Crippen molar-refractivity contribution >= 4 is 21.6 Å². The van der Waals surface area contributed by atoms with Crippen LogP contribution in [-0.2, 0) is 27.7 Å². The Hall–Kier alpha value is -1.40. The van der Waals surface area contributed by atoms with Gasteiger partial charge >= 0.3 is 0 Å². The minimum atomic E-state index is -3.61. The van der Waals surface area contributed by atoms with Gasteiger partial charge in [0.25, 0.3) is 0 Å². The summed E-state index contributed by atoms with van der Waals surface area (Å²) in [4.78, 5) is 0.317. The van der Waals surface area contributed by atoms with E-state index in [0.717, 1.165) is 29.5 Å². The van der Waals surface area contributed by atoms with Crippen molar-refractivity contribution in [2.45, 2.75) is 42.9 Å². The zero-order chi connectivity index (χ0) is 18.4. The molecule has 26 heavy (non-hydrogen) atoms. The fourth-order valence-electron chi connectivity index (χ4n) is 3.64. The van der Waals surface area contributed by atoms with Crippen molar-refractivity contribution in [2.24, 2.45) is 0 Å². The Morgan fingerprint density at radius 1 is 1.15 bits per heavy atom. The topological polar surface area (TPSA) is 49.9 Å². The molecule has 6 heteroatoms. The predicted octanol–water partition coefficient (Wildman–Crippen LogP) is 3.51. The van der Waals surface area contributed by atoms with Gasteiger partial charge in [0.2, 0.25) is 10.0 Å². The number of hydrogen-bond donors (Lipinski definition) is 0. The molecule has 0 bridgehead atoms.